The lowest BCUT2D eigenvalue weighted by atomic mass is 9.74. The maximum atomic E-state index is 12.8. The molecule has 0 radical (unpaired) electrons. The summed E-state index contributed by atoms with van der Waals surface area (Å²) in [6.45, 7) is 3.17. The van der Waals surface area contributed by atoms with E-state index in [1.54, 1.807) is 7.05 Å². The molecule has 0 bridgehead atoms. The van der Waals surface area contributed by atoms with Gasteiger partial charge in [0.1, 0.15) is 5.71 Å². The van der Waals surface area contributed by atoms with Gasteiger partial charge in [-0.1, -0.05) is 6.92 Å². The van der Waals surface area contributed by atoms with Crippen molar-refractivity contribution >= 4 is 17.5 Å². The summed E-state index contributed by atoms with van der Waals surface area (Å²) in [6.07, 6.45) is 6.84. The molecule has 2 aliphatic heterocycles. The van der Waals surface area contributed by atoms with Crippen molar-refractivity contribution in [2.45, 2.75) is 57.9 Å². The minimum absolute atomic E-state index is 0.00504. The van der Waals surface area contributed by atoms with Crippen LogP contribution in [0.3, 0.4) is 0 Å². The predicted molar refractivity (Wildman–Crippen MR) is 80.7 cm³/mol. The zero-order valence-electron chi connectivity index (χ0n) is 13.0. The van der Waals surface area contributed by atoms with Crippen LogP contribution in [0, 0.1) is 11.8 Å². The highest BCUT2D eigenvalue weighted by molar-refractivity contribution is 6.39. The number of hydrogen-bond acceptors (Lipinski definition) is 3. The molecule has 116 valence electrons. The molecule has 0 unspecified atom stereocenters. The molecule has 0 aromatic rings. The van der Waals surface area contributed by atoms with Crippen LogP contribution in [0.5, 0.6) is 0 Å². The number of hydrogen-bond donors (Lipinski definition) is 0. The van der Waals surface area contributed by atoms with Crippen molar-refractivity contribution in [1.29, 1.82) is 0 Å². The molecule has 1 aliphatic carbocycles. The molecule has 0 aromatic carbocycles. The van der Waals surface area contributed by atoms with Crippen LogP contribution in [0.2, 0.25) is 0 Å². The Morgan fingerprint density at radius 3 is 2.81 bits per heavy atom. The fourth-order valence-corrected chi connectivity index (χ4v) is 4.13. The molecule has 2 amide bonds. The Morgan fingerprint density at radius 1 is 1.24 bits per heavy atom. The summed E-state index contributed by atoms with van der Waals surface area (Å²) in [6, 6.07) is 0.396. The van der Waals surface area contributed by atoms with Gasteiger partial charge in [0.05, 0.1) is 0 Å². The first-order valence-electron chi connectivity index (χ1n) is 8.21. The van der Waals surface area contributed by atoms with Gasteiger partial charge < -0.3 is 4.90 Å². The average Bonchev–Trinajstić information content (AvgIpc) is 2.48. The second-order valence-electron chi connectivity index (χ2n) is 6.85. The first kappa shape index (κ1) is 14.5. The van der Waals surface area contributed by atoms with Gasteiger partial charge in [0.15, 0.2) is 0 Å². The lowest BCUT2D eigenvalue weighted by Gasteiger charge is -2.46. The van der Waals surface area contributed by atoms with Gasteiger partial charge in [-0.15, -0.1) is 0 Å². The zero-order chi connectivity index (χ0) is 15.0. The summed E-state index contributed by atoms with van der Waals surface area (Å²) < 4.78 is 0. The Kier molecular flexibility index (Phi) is 4.00. The second-order valence-corrected chi connectivity index (χ2v) is 6.85. The standard InChI is InChI=1S/C16H25N3O2/c1-11-5-7-14-12(10-11)4-3-9-19(14)16(21)13-6-8-15(20)18(2)17-13/h11-12,14H,3-10H2,1-2H3/t11-,12+,14+/m1/s1. The zero-order valence-corrected chi connectivity index (χ0v) is 13.0. The van der Waals surface area contributed by atoms with E-state index in [0.717, 1.165) is 25.3 Å². The summed E-state index contributed by atoms with van der Waals surface area (Å²) >= 11 is 0. The van der Waals surface area contributed by atoms with Gasteiger partial charge in [-0.05, 0) is 43.9 Å². The van der Waals surface area contributed by atoms with Gasteiger partial charge in [0.25, 0.3) is 5.91 Å². The van der Waals surface area contributed by atoms with Crippen LogP contribution in [0.4, 0.5) is 0 Å². The van der Waals surface area contributed by atoms with E-state index in [0.29, 0.717) is 30.5 Å². The van der Waals surface area contributed by atoms with Gasteiger partial charge in [-0.2, -0.15) is 5.10 Å². The van der Waals surface area contributed by atoms with Crippen LogP contribution in [0.1, 0.15) is 51.9 Å². The molecule has 5 heteroatoms. The van der Waals surface area contributed by atoms with Crippen LogP contribution in [0.25, 0.3) is 0 Å². The number of carbonyl (C=O) groups is 2. The number of hydrazone groups is 1. The normalized spacial score (nSPS) is 33.5. The summed E-state index contributed by atoms with van der Waals surface area (Å²) in [5.41, 5.74) is 0.566. The second kappa shape index (κ2) is 5.78. The van der Waals surface area contributed by atoms with Crippen molar-refractivity contribution in [1.82, 2.24) is 9.91 Å². The van der Waals surface area contributed by atoms with Gasteiger partial charge >= 0.3 is 0 Å². The van der Waals surface area contributed by atoms with E-state index in [1.165, 1.54) is 24.3 Å². The number of carbonyl (C=O) groups excluding carboxylic acids is 2. The molecule has 3 aliphatic rings. The largest absolute Gasteiger partial charge is 0.334 e. The molecule has 0 aromatic heterocycles. The lowest BCUT2D eigenvalue weighted by Crippen LogP contribution is -2.53. The summed E-state index contributed by atoms with van der Waals surface area (Å²) in [4.78, 5) is 26.4. The van der Waals surface area contributed by atoms with E-state index in [4.69, 9.17) is 0 Å². The number of rotatable bonds is 1. The fraction of sp³-hybridized carbons (Fsp3) is 0.812. The number of likely N-dealkylation sites (tertiary alicyclic amines) is 1. The first-order valence-corrected chi connectivity index (χ1v) is 8.21. The van der Waals surface area contributed by atoms with Crippen LogP contribution in [-0.2, 0) is 9.59 Å². The average molecular weight is 291 g/mol. The maximum Gasteiger partial charge on any atom is 0.270 e. The molecular weight excluding hydrogens is 266 g/mol. The third kappa shape index (κ3) is 2.83. The molecule has 3 rings (SSSR count). The highest BCUT2D eigenvalue weighted by Crippen LogP contribution is 2.38. The quantitative estimate of drug-likeness (QED) is 0.742. The molecule has 3 atom stereocenters. The Hall–Kier alpha value is -1.39. The van der Waals surface area contributed by atoms with Gasteiger partial charge in [0.2, 0.25) is 5.91 Å². The molecule has 5 nitrogen and oxygen atoms in total. The molecule has 1 saturated heterocycles. The maximum absolute atomic E-state index is 12.8. The van der Waals surface area contributed by atoms with Gasteiger partial charge in [-0.3, -0.25) is 9.59 Å². The van der Waals surface area contributed by atoms with Crippen LogP contribution >= 0.6 is 0 Å². The van der Waals surface area contributed by atoms with Crippen LogP contribution in [0.15, 0.2) is 5.10 Å². The van der Waals surface area contributed by atoms with Crippen molar-refractivity contribution in [2.24, 2.45) is 16.9 Å². The summed E-state index contributed by atoms with van der Waals surface area (Å²) in [7, 11) is 1.63. The third-order valence-electron chi connectivity index (χ3n) is 5.29. The van der Waals surface area contributed by atoms with E-state index in [9.17, 15) is 9.59 Å². The molecule has 2 fully saturated rings. The fourth-order valence-electron chi connectivity index (χ4n) is 4.13. The van der Waals surface area contributed by atoms with E-state index >= 15 is 0 Å². The topological polar surface area (TPSA) is 53.0 Å². The van der Waals surface area contributed by atoms with Crippen molar-refractivity contribution in [3.05, 3.63) is 0 Å². The van der Waals surface area contributed by atoms with Crippen molar-refractivity contribution < 1.29 is 9.59 Å². The highest BCUT2D eigenvalue weighted by atomic mass is 16.2. The van der Waals surface area contributed by atoms with Crippen molar-refractivity contribution in [3.63, 3.8) is 0 Å². The van der Waals surface area contributed by atoms with E-state index < -0.39 is 0 Å². The summed E-state index contributed by atoms with van der Waals surface area (Å²) in [5.74, 6) is 1.51. The minimum atomic E-state index is -0.00504. The molecule has 0 spiro atoms. The SMILES string of the molecule is C[C@@H]1CC[C@H]2[C@@H](CCCN2C(=O)C2=NN(C)C(=O)CC2)C1. The van der Waals surface area contributed by atoms with Gasteiger partial charge in [0, 0.05) is 32.5 Å². The predicted octanol–water partition coefficient (Wildman–Crippen LogP) is 2.02. The highest BCUT2D eigenvalue weighted by Gasteiger charge is 2.39. The number of nitrogens with zero attached hydrogens (tertiary/aromatic N) is 3. The molecular formula is C16H25N3O2. The Morgan fingerprint density at radius 2 is 2.05 bits per heavy atom. The first-order chi connectivity index (χ1) is 10.1. The molecule has 1 saturated carbocycles. The Labute approximate surface area is 126 Å². The van der Waals surface area contributed by atoms with Crippen LogP contribution in [-0.4, -0.2) is 47.1 Å². The third-order valence-corrected chi connectivity index (χ3v) is 5.29. The number of piperidine rings is 1. The smallest absolute Gasteiger partial charge is 0.270 e. The minimum Gasteiger partial charge on any atom is -0.334 e. The van der Waals surface area contributed by atoms with Crippen LogP contribution < -0.4 is 0 Å². The lowest BCUT2D eigenvalue weighted by molar-refractivity contribution is -0.132. The van der Waals surface area contributed by atoms with Crippen molar-refractivity contribution in [3.8, 4) is 0 Å². The van der Waals surface area contributed by atoms with Crippen molar-refractivity contribution in [2.75, 3.05) is 13.6 Å². The monoisotopic (exact) mass is 291 g/mol. The molecule has 0 N–H and O–H groups in total. The van der Waals surface area contributed by atoms with E-state index in [1.807, 2.05) is 0 Å². The van der Waals surface area contributed by atoms with E-state index in [-0.39, 0.29) is 11.8 Å². The number of fused-ring (bicyclic) bond motifs is 1. The van der Waals surface area contributed by atoms with Gasteiger partial charge in [-0.25, -0.2) is 5.01 Å². The van der Waals surface area contributed by atoms with E-state index in [2.05, 4.69) is 16.9 Å². The molecule has 2 heterocycles. The number of amides is 2. The summed E-state index contributed by atoms with van der Waals surface area (Å²) in [5, 5.41) is 5.52. The Bertz CT molecular complexity index is 474. The Balaban J connectivity index is 1.75. The molecule has 21 heavy (non-hydrogen) atoms.